The van der Waals surface area contributed by atoms with E-state index in [1.54, 1.807) is 17.5 Å². The van der Waals surface area contributed by atoms with E-state index in [2.05, 4.69) is 15.3 Å². The lowest BCUT2D eigenvalue weighted by Gasteiger charge is -1.95. The van der Waals surface area contributed by atoms with E-state index < -0.39 is 0 Å². The van der Waals surface area contributed by atoms with Crippen LogP contribution in [0.2, 0.25) is 0 Å². The summed E-state index contributed by atoms with van der Waals surface area (Å²) in [6.45, 7) is 0.726. The summed E-state index contributed by atoms with van der Waals surface area (Å²) in [4.78, 5) is 8.66. The summed E-state index contributed by atoms with van der Waals surface area (Å²) >= 11 is 3.48. The number of rotatable bonds is 5. The Balaban J connectivity index is 2.02. The van der Waals surface area contributed by atoms with Gasteiger partial charge in [0.05, 0.1) is 5.69 Å². The van der Waals surface area contributed by atoms with Crippen molar-refractivity contribution in [2.45, 2.75) is 5.75 Å². The summed E-state index contributed by atoms with van der Waals surface area (Å²) in [6, 6.07) is 3.96. The van der Waals surface area contributed by atoms with Crippen molar-refractivity contribution in [3.8, 4) is 10.6 Å². The smallest absolute Gasteiger partial charge is 0.125 e. The number of nitrogens with zero attached hydrogens (tertiary/aromatic N) is 2. The van der Waals surface area contributed by atoms with E-state index in [-0.39, 0.29) is 0 Å². The van der Waals surface area contributed by atoms with E-state index in [1.807, 2.05) is 30.1 Å². The van der Waals surface area contributed by atoms with Gasteiger partial charge in [-0.25, -0.2) is 4.98 Å². The van der Waals surface area contributed by atoms with Crippen LogP contribution in [0.5, 0.6) is 0 Å². The first kappa shape index (κ1) is 11.6. The number of hydrogen-bond donors (Lipinski definition) is 1. The van der Waals surface area contributed by atoms with Crippen LogP contribution in [-0.2, 0) is 5.75 Å². The highest BCUT2D eigenvalue weighted by molar-refractivity contribution is 7.98. The van der Waals surface area contributed by atoms with Crippen molar-refractivity contribution >= 4 is 23.1 Å². The Morgan fingerprint density at radius 2 is 2.38 bits per heavy atom. The van der Waals surface area contributed by atoms with Crippen LogP contribution in [0.3, 0.4) is 0 Å². The van der Waals surface area contributed by atoms with Crippen LogP contribution in [0.15, 0.2) is 29.9 Å². The fourth-order valence-corrected chi connectivity index (χ4v) is 2.84. The number of nitrogens with two attached hydrogens (primary N) is 1. The van der Waals surface area contributed by atoms with E-state index in [0.717, 1.165) is 34.3 Å². The molecule has 84 valence electrons. The average Bonchev–Trinajstić information content (AvgIpc) is 2.79. The molecule has 0 aliphatic heterocycles. The maximum atomic E-state index is 5.44. The number of aromatic nitrogens is 2. The lowest BCUT2D eigenvalue weighted by atomic mass is 10.3. The normalized spacial score (nSPS) is 10.6. The van der Waals surface area contributed by atoms with Gasteiger partial charge in [-0.05, 0) is 12.1 Å². The van der Waals surface area contributed by atoms with E-state index in [9.17, 15) is 0 Å². The zero-order valence-corrected chi connectivity index (χ0v) is 10.4. The van der Waals surface area contributed by atoms with Crippen molar-refractivity contribution in [3.05, 3.63) is 35.6 Å². The predicted molar refractivity (Wildman–Crippen MR) is 70.6 cm³/mol. The topological polar surface area (TPSA) is 51.8 Å². The third-order valence-electron chi connectivity index (χ3n) is 1.97. The summed E-state index contributed by atoms with van der Waals surface area (Å²) in [5.74, 6) is 1.92. The van der Waals surface area contributed by atoms with E-state index in [4.69, 9.17) is 5.73 Å². The molecule has 2 rings (SSSR count). The summed E-state index contributed by atoms with van der Waals surface area (Å²) < 4.78 is 0. The summed E-state index contributed by atoms with van der Waals surface area (Å²) in [5.41, 5.74) is 7.65. The molecule has 0 saturated heterocycles. The molecule has 0 saturated carbocycles. The minimum atomic E-state index is 0.726. The van der Waals surface area contributed by atoms with Crippen LogP contribution >= 0.6 is 23.1 Å². The molecule has 5 heteroatoms. The van der Waals surface area contributed by atoms with Crippen molar-refractivity contribution in [1.82, 2.24) is 9.97 Å². The SMILES string of the molecule is NCCSCc1csc(-c2cccnc2)n1. The van der Waals surface area contributed by atoms with Crippen LogP contribution in [0.25, 0.3) is 10.6 Å². The molecule has 2 aromatic heterocycles. The molecule has 0 fully saturated rings. The van der Waals surface area contributed by atoms with Crippen molar-refractivity contribution in [2.24, 2.45) is 5.73 Å². The number of pyridine rings is 1. The molecule has 2 aromatic rings. The van der Waals surface area contributed by atoms with Crippen molar-refractivity contribution in [3.63, 3.8) is 0 Å². The molecular weight excluding hydrogens is 238 g/mol. The second kappa shape index (κ2) is 5.98. The van der Waals surface area contributed by atoms with E-state index in [1.165, 1.54) is 0 Å². The minimum Gasteiger partial charge on any atom is -0.330 e. The van der Waals surface area contributed by atoms with Crippen molar-refractivity contribution < 1.29 is 0 Å². The van der Waals surface area contributed by atoms with Crippen LogP contribution in [-0.4, -0.2) is 22.3 Å². The zero-order chi connectivity index (χ0) is 11.2. The Morgan fingerprint density at radius 3 is 3.12 bits per heavy atom. The van der Waals surface area contributed by atoms with Crippen LogP contribution < -0.4 is 5.73 Å². The molecular formula is C11H13N3S2. The molecule has 0 aliphatic carbocycles. The maximum absolute atomic E-state index is 5.44. The lowest BCUT2D eigenvalue weighted by molar-refractivity contribution is 1.14. The molecule has 0 aliphatic rings. The lowest BCUT2D eigenvalue weighted by Crippen LogP contribution is -2.01. The molecule has 3 nitrogen and oxygen atoms in total. The Kier molecular flexibility index (Phi) is 4.33. The summed E-state index contributed by atoms with van der Waals surface area (Å²) in [7, 11) is 0. The third-order valence-corrected chi connectivity index (χ3v) is 3.94. The fraction of sp³-hybridized carbons (Fsp3) is 0.273. The van der Waals surface area contributed by atoms with Crippen molar-refractivity contribution in [2.75, 3.05) is 12.3 Å². The zero-order valence-electron chi connectivity index (χ0n) is 8.80. The van der Waals surface area contributed by atoms with Gasteiger partial charge in [-0.2, -0.15) is 11.8 Å². The monoisotopic (exact) mass is 251 g/mol. The molecule has 2 N–H and O–H groups in total. The molecule has 0 bridgehead atoms. The van der Waals surface area contributed by atoms with Gasteiger partial charge in [0.25, 0.3) is 0 Å². The summed E-state index contributed by atoms with van der Waals surface area (Å²) in [6.07, 6.45) is 3.62. The highest BCUT2D eigenvalue weighted by atomic mass is 32.2. The second-order valence-electron chi connectivity index (χ2n) is 3.23. The van der Waals surface area contributed by atoms with E-state index in [0.29, 0.717) is 0 Å². The van der Waals surface area contributed by atoms with Gasteiger partial charge < -0.3 is 5.73 Å². The first-order valence-electron chi connectivity index (χ1n) is 5.03. The van der Waals surface area contributed by atoms with Crippen LogP contribution in [0.4, 0.5) is 0 Å². The fourth-order valence-electron chi connectivity index (χ4n) is 1.26. The molecule has 0 radical (unpaired) electrons. The van der Waals surface area contributed by atoms with Crippen LogP contribution in [0.1, 0.15) is 5.69 Å². The van der Waals surface area contributed by atoms with Crippen molar-refractivity contribution in [1.29, 1.82) is 0 Å². The first-order chi connectivity index (χ1) is 7.90. The number of thiazole rings is 1. The Morgan fingerprint density at radius 1 is 1.44 bits per heavy atom. The Labute approximate surface area is 103 Å². The quantitative estimate of drug-likeness (QED) is 0.829. The second-order valence-corrected chi connectivity index (χ2v) is 5.19. The Bertz CT molecular complexity index is 428. The van der Waals surface area contributed by atoms with Gasteiger partial charge in [-0.3, -0.25) is 4.98 Å². The van der Waals surface area contributed by atoms with Gasteiger partial charge in [-0.1, -0.05) is 0 Å². The number of thioether (sulfide) groups is 1. The van der Waals surface area contributed by atoms with Crippen LogP contribution in [0, 0.1) is 0 Å². The molecule has 0 unspecified atom stereocenters. The van der Waals surface area contributed by atoms with Gasteiger partial charge in [0.1, 0.15) is 5.01 Å². The molecule has 0 aromatic carbocycles. The first-order valence-corrected chi connectivity index (χ1v) is 7.06. The van der Waals surface area contributed by atoms with E-state index >= 15 is 0 Å². The highest BCUT2D eigenvalue weighted by Gasteiger charge is 2.04. The highest BCUT2D eigenvalue weighted by Crippen LogP contribution is 2.24. The van der Waals surface area contributed by atoms with Gasteiger partial charge in [0, 0.05) is 41.4 Å². The third kappa shape index (κ3) is 3.04. The largest absolute Gasteiger partial charge is 0.330 e. The Hall–Kier alpha value is -0.910. The minimum absolute atomic E-state index is 0.726. The van der Waals surface area contributed by atoms with Gasteiger partial charge >= 0.3 is 0 Å². The number of hydrogen-bond acceptors (Lipinski definition) is 5. The summed E-state index contributed by atoms with van der Waals surface area (Å²) in [5, 5.41) is 3.14. The molecule has 16 heavy (non-hydrogen) atoms. The predicted octanol–water partition coefficient (Wildman–Crippen LogP) is 2.40. The standard InChI is InChI=1S/C11H13N3S2/c12-3-5-15-7-10-8-16-11(14-10)9-2-1-4-13-6-9/h1-2,4,6,8H,3,5,7,12H2. The van der Waals surface area contributed by atoms with Gasteiger partial charge in [-0.15, -0.1) is 11.3 Å². The molecule has 0 spiro atoms. The average molecular weight is 251 g/mol. The van der Waals surface area contributed by atoms with Gasteiger partial charge in [0.2, 0.25) is 0 Å². The molecule has 2 heterocycles. The molecule has 0 amide bonds. The maximum Gasteiger partial charge on any atom is 0.125 e. The van der Waals surface area contributed by atoms with Gasteiger partial charge in [0.15, 0.2) is 0 Å². The molecule has 0 atom stereocenters.